The molecule has 1 unspecified atom stereocenters. The minimum absolute atomic E-state index is 0.0638. The quantitative estimate of drug-likeness (QED) is 0.889. The minimum Gasteiger partial charge on any atom is -0.486 e. The van der Waals surface area contributed by atoms with Crippen molar-refractivity contribution in [2.24, 2.45) is 5.73 Å². The zero-order valence-corrected chi connectivity index (χ0v) is 11.9. The second-order valence-corrected chi connectivity index (χ2v) is 5.48. The molecule has 1 aliphatic heterocycles. The van der Waals surface area contributed by atoms with Gasteiger partial charge >= 0.3 is 0 Å². The molecule has 106 valence electrons. The van der Waals surface area contributed by atoms with E-state index in [-0.39, 0.29) is 11.6 Å². The Labute approximate surface area is 114 Å². The van der Waals surface area contributed by atoms with E-state index in [1.807, 2.05) is 18.2 Å². The third-order valence-corrected chi connectivity index (χ3v) is 3.61. The first kappa shape index (κ1) is 14.2. The Morgan fingerprint density at radius 2 is 2.05 bits per heavy atom. The number of benzene rings is 1. The van der Waals surface area contributed by atoms with Crippen molar-refractivity contribution < 1.29 is 14.2 Å². The van der Waals surface area contributed by atoms with Crippen molar-refractivity contribution in [3.63, 3.8) is 0 Å². The van der Waals surface area contributed by atoms with E-state index < -0.39 is 0 Å². The van der Waals surface area contributed by atoms with E-state index in [0.717, 1.165) is 29.9 Å². The monoisotopic (exact) mass is 265 g/mol. The van der Waals surface area contributed by atoms with Gasteiger partial charge in [-0.15, -0.1) is 0 Å². The van der Waals surface area contributed by atoms with Gasteiger partial charge in [-0.1, -0.05) is 12.1 Å². The largest absolute Gasteiger partial charge is 0.486 e. The summed E-state index contributed by atoms with van der Waals surface area (Å²) < 4.78 is 16.7. The van der Waals surface area contributed by atoms with E-state index in [1.165, 1.54) is 0 Å². The Morgan fingerprint density at radius 1 is 1.32 bits per heavy atom. The van der Waals surface area contributed by atoms with Crippen molar-refractivity contribution in [2.75, 3.05) is 20.3 Å². The van der Waals surface area contributed by atoms with Crippen molar-refractivity contribution in [3.05, 3.63) is 23.8 Å². The second-order valence-electron chi connectivity index (χ2n) is 5.48. The fourth-order valence-corrected chi connectivity index (χ4v) is 2.15. The first-order valence-corrected chi connectivity index (χ1v) is 6.73. The fraction of sp³-hybridized carbons (Fsp3) is 0.600. The molecule has 0 spiro atoms. The summed E-state index contributed by atoms with van der Waals surface area (Å²) in [5, 5.41) is 0. The number of methoxy groups -OCH3 is 1. The topological polar surface area (TPSA) is 53.7 Å². The summed E-state index contributed by atoms with van der Waals surface area (Å²) in [5.74, 6) is 1.60. The minimum atomic E-state index is -0.149. The summed E-state index contributed by atoms with van der Waals surface area (Å²) in [7, 11) is 1.73. The molecule has 0 bridgehead atoms. The van der Waals surface area contributed by atoms with Crippen LogP contribution in [0, 0.1) is 0 Å². The van der Waals surface area contributed by atoms with E-state index in [9.17, 15) is 0 Å². The lowest BCUT2D eigenvalue weighted by Crippen LogP contribution is -2.25. The molecule has 1 aromatic rings. The van der Waals surface area contributed by atoms with Gasteiger partial charge in [-0.2, -0.15) is 0 Å². The van der Waals surface area contributed by atoms with Gasteiger partial charge in [-0.3, -0.25) is 0 Å². The van der Waals surface area contributed by atoms with Crippen LogP contribution in [0.15, 0.2) is 18.2 Å². The van der Waals surface area contributed by atoms with Crippen LogP contribution < -0.4 is 15.2 Å². The molecule has 2 N–H and O–H groups in total. The predicted octanol–water partition coefficient (Wildman–Crippen LogP) is 2.66. The number of para-hydroxylation sites is 1. The van der Waals surface area contributed by atoms with Crippen molar-refractivity contribution in [1.82, 2.24) is 0 Å². The van der Waals surface area contributed by atoms with Crippen LogP contribution in [0.5, 0.6) is 11.5 Å². The van der Waals surface area contributed by atoms with Gasteiger partial charge in [0.25, 0.3) is 0 Å². The van der Waals surface area contributed by atoms with Crippen LogP contribution >= 0.6 is 0 Å². The van der Waals surface area contributed by atoms with Crippen molar-refractivity contribution >= 4 is 0 Å². The van der Waals surface area contributed by atoms with Gasteiger partial charge in [-0.25, -0.2) is 0 Å². The molecule has 1 aliphatic rings. The maximum atomic E-state index is 6.29. The van der Waals surface area contributed by atoms with Gasteiger partial charge in [-0.05, 0) is 32.8 Å². The number of nitrogens with two attached hydrogens (primary N) is 1. The number of ether oxygens (including phenoxy) is 3. The maximum Gasteiger partial charge on any atom is 0.166 e. The van der Waals surface area contributed by atoms with Gasteiger partial charge in [0.05, 0.1) is 5.60 Å². The lowest BCUT2D eigenvalue weighted by molar-refractivity contribution is 0.0124. The molecule has 0 aromatic heterocycles. The summed E-state index contributed by atoms with van der Waals surface area (Å²) in [6.45, 7) is 5.32. The molecule has 0 radical (unpaired) electrons. The summed E-state index contributed by atoms with van der Waals surface area (Å²) in [4.78, 5) is 0. The molecular weight excluding hydrogens is 242 g/mol. The highest BCUT2D eigenvalue weighted by Crippen LogP contribution is 2.37. The fourth-order valence-electron chi connectivity index (χ4n) is 2.15. The lowest BCUT2D eigenvalue weighted by atomic mass is 9.94. The highest BCUT2D eigenvalue weighted by Gasteiger charge is 2.23. The molecule has 1 aromatic carbocycles. The summed E-state index contributed by atoms with van der Waals surface area (Å²) >= 11 is 0. The number of hydrogen-bond acceptors (Lipinski definition) is 4. The number of rotatable bonds is 5. The molecule has 4 heteroatoms. The normalized spacial score (nSPS) is 16.2. The van der Waals surface area contributed by atoms with Gasteiger partial charge in [0.1, 0.15) is 13.2 Å². The van der Waals surface area contributed by atoms with Crippen LogP contribution in [0.1, 0.15) is 38.3 Å². The van der Waals surface area contributed by atoms with Crippen molar-refractivity contribution in [3.8, 4) is 11.5 Å². The zero-order chi connectivity index (χ0) is 13.9. The zero-order valence-electron chi connectivity index (χ0n) is 11.9. The molecule has 0 aliphatic carbocycles. The average molecular weight is 265 g/mol. The van der Waals surface area contributed by atoms with Crippen molar-refractivity contribution in [2.45, 2.75) is 38.3 Å². The van der Waals surface area contributed by atoms with Crippen LogP contribution in [-0.4, -0.2) is 25.9 Å². The average Bonchev–Trinajstić information content (AvgIpc) is 2.44. The van der Waals surface area contributed by atoms with Crippen LogP contribution in [-0.2, 0) is 4.74 Å². The van der Waals surface area contributed by atoms with Gasteiger partial charge in [0, 0.05) is 18.7 Å². The summed E-state index contributed by atoms with van der Waals surface area (Å²) in [6, 6.07) is 5.83. The third kappa shape index (κ3) is 3.39. The van der Waals surface area contributed by atoms with Crippen LogP contribution in [0.4, 0.5) is 0 Å². The Balaban J connectivity index is 2.09. The van der Waals surface area contributed by atoms with Gasteiger partial charge in [0.15, 0.2) is 11.5 Å². The van der Waals surface area contributed by atoms with E-state index in [0.29, 0.717) is 13.2 Å². The molecule has 4 nitrogen and oxygen atoms in total. The Morgan fingerprint density at radius 3 is 2.79 bits per heavy atom. The number of hydrogen-bond donors (Lipinski definition) is 1. The van der Waals surface area contributed by atoms with Gasteiger partial charge < -0.3 is 19.9 Å². The van der Waals surface area contributed by atoms with E-state index in [1.54, 1.807) is 7.11 Å². The molecule has 0 saturated carbocycles. The Bertz CT molecular complexity index is 431. The highest BCUT2D eigenvalue weighted by molar-refractivity contribution is 5.48. The Kier molecular flexibility index (Phi) is 4.32. The second kappa shape index (κ2) is 5.80. The molecule has 0 saturated heterocycles. The molecule has 0 fully saturated rings. The van der Waals surface area contributed by atoms with Gasteiger partial charge in [0.2, 0.25) is 0 Å². The first-order valence-electron chi connectivity index (χ1n) is 6.73. The smallest absolute Gasteiger partial charge is 0.166 e. The third-order valence-electron chi connectivity index (χ3n) is 3.61. The van der Waals surface area contributed by atoms with Crippen molar-refractivity contribution in [1.29, 1.82) is 0 Å². The Hall–Kier alpha value is -1.26. The standard InChI is InChI=1S/C15H23NO3/c1-15(2,17-3)8-7-12(16)11-5-4-6-13-14(11)19-10-9-18-13/h4-6,12H,7-10,16H2,1-3H3. The molecule has 19 heavy (non-hydrogen) atoms. The molecular formula is C15H23NO3. The van der Waals surface area contributed by atoms with E-state index in [2.05, 4.69) is 13.8 Å². The highest BCUT2D eigenvalue weighted by atomic mass is 16.6. The predicted molar refractivity (Wildman–Crippen MR) is 74.7 cm³/mol. The molecule has 1 atom stereocenters. The molecule has 0 amide bonds. The summed E-state index contributed by atoms with van der Waals surface area (Å²) in [5.41, 5.74) is 7.16. The van der Waals surface area contributed by atoms with Crippen LogP contribution in [0.25, 0.3) is 0 Å². The first-order chi connectivity index (χ1) is 9.03. The number of fused-ring (bicyclic) bond motifs is 1. The van der Waals surface area contributed by atoms with E-state index >= 15 is 0 Å². The van der Waals surface area contributed by atoms with Crippen LogP contribution in [0.2, 0.25) is 0 Å². The molecule has 2 rings (SSSR count). The maximum absolute atomic E-state index is 6.29. The lowest BCUT2D eigenvalue weighted by Gasteiger charge is -2.27. The van der Waals surface area contributed by atoms with E-state index in [4.69, 9.17) is 19.9 Å². The summed E-state index contributed by atoms with van der Waals surface area (Å²) in [6.07, 6.45) is 1.75. The molecule has 1 heterocycles. The van der Waals surface area contributed by atoms with Crippen LogP contribution in [0.3, 0.4) is 0 Å². The SMILES string of the molecule is COC(C)(C)CCC(N)c1cccc2c1OCCO2.